The average Bonchev–Trinajstić information content (AvgIpc) is 2.54. The van der Waals surface area contributed by atoms with E-state index in [1.54, 1.807) is 11.9 Å². The van der Waals surface area contributed by atoms with Gasteiger partial charge in [0.05, 0.1) is 6.61 Å². The maximum Gasteiger partial charge on any atom is 0.260 e. The number of ether oxygens (including phenoxy) is 2. The molecule has 0 heterocycles. The van der Waals surface area contributed by atoms with E-state index < -0.39 is 0 Å². The minimum Gasteiger partial charge on any atom is -0.494 e. The van der Waals surface area contributed by atoms with Crippen molar-refractivity contribution in [2.24, 2.45) is 0 Å². The molecule has 23 heavy (non-hydrogen) atoms. The highest BCUT2D eigenvalue weighted by molar-refractivity contribution is 5.77. The Hall–Kier alpha value is -2.49. The van der Waals surface area contributed by atoms with Crippen molar-refractivity contribution < 1.29 is 14.3 Å². The fourth-order valence-corrected chi connectivity index (χ4v) is 2.18. The maximum absolute atomic E-state index is 12.2. The van der Waals surface area contributed by atoms with Gasteiger partial charge in [0.2, 0.25) is 0 Å². The molecule has 0 aromatic heterocycles. The Morgan fingerprint density at radius 1 is 1.04 bits per heavy atom. The number of benzene rings is 2. The second-order valence-electron chi connectivity index (χ2n) is 5.43. The van der Waals surface area contributed by atoms with Gasteiger partial charge in [-0.3, -0.25) is 4.79 Å². The van der Waals surface area contributed by atoms with E-state index in [-0.39, 0.29) is 12.5 Å². The zero-order valence-corrected chi connectivity index (χ0v) is 13.9. The molecule has 0 unspecified atom stereocenters. The molecule has 4 nitrogen and oxygen atoms in total. The van der Waals surface area contributed by atoms with Crippen LogP contribution in [0.2, 0.25) is 0 Å². The molecule has 0 saturated carbocycles. The van der Waals surface area contributed by atoms with Crippen LogP contribution in [-0.4, -0.2) is 31.1 Å². The Bertz CT molecular complexity index is 637. The van der Waals surface area contributed by atoms with Crippen molar-refractivity contribution in [2.75, 3.05) is 20.3 Å². The first kappa shape index (κ1) is 16.9. The first-order valence-corrected chi connectivity index (χ1v) is 7.73. The van der Waals surface area contributed by atoms with Crippen LogP contribution in [0.3, 0.4) is 0 Å². The minimum atomic E-state index is -0.0552. The van der Waals surface area contributed by atoms with E-state index >= 15 is 0 Å². The lowest BCUT2D eigenvalue weighted by molar-refractivity contribution is -0.132. The van der Waals surface area contributed by atoms with Gasteiger partial charge in [-0.05, 0) is 49.2 Å². The zero-order valence-electron chi connectivity index (χ0n) is 13.9. The number of carbonyl (C=O) groups excluding carboxylic acids is 1. The minimum absolute atomic E-state index is 0.0387. The van der Waals surface area contributed by atoms with Crippen molar-refractivity contribution in [1.29, 1.82) is 0 Å². The van der Waals surface area contributed by atoms with Crippen molar-refractivity contribution in [1.82, 2.24) is 4.90 Å². The Labute approximate surface area is 137 Å². The largest absolute Gasteiger partial charge is 0.494 e. The van der Waals surface area contributed by atoms with Crippen molar-refractivity contribution in [3.05, 3.63) is 59.7 Å². The number of amides is 1. The fourth-order valence-electron chi connectivity index (χ4n) is 2.18. The van der Waals surface area contributed by atoms with Crippen LogP contribution in [0.5, 0.6) is 11.5 Å². The highest BCUT2D eigenvalue weighted by Gasteiger charge is 2.10. The number of carbonyl (C=O) groups is 1. The summed E-state index contributed by atoms with van der Waals surface area (Å²) in [6.07, 6.45) is 0. The van der Waals surface area contributed by atoms with Crippen LogP contribution in [-0.2, 0) is 11.3 Å². The molecule has 0 radical (unpaired) electrons. The van der Waals surface area contributed by atoms with E-state index in [0.717, 1.165) is 16.9 Å². The molecule has 0 saturated heterocycles. The van der Waals surface area contributed by atoms with E-state index in [9.17, 15) is 4.79 Å². The van der Waals surface area contributed by atoms with E-state index in [0.29, 0.717) is 18.9 Å². The fraction of sp³-hybridized carbons (Fsp3) is 0.316. The highest BCUT2D eigenvalue weighted by Crippen LogP contribution is 2.14. The lowest BCUT2D eigenvalue weighted by Gasteiger charge is -2.18. The molecule has 0 N–H and O–H groups in total. The third-order valence-electron chi connectivity index (χ3n) is 3.43. The topological polar surface area (TPSA) is 38.8 Å². The Morgan fingerprint density at radius 3 is 2.43 bits per heavy atom. The Kier molecular flexibility index (Phi) is 6.03. The van der Waals surface area contributed by atoms with Crippen LogP contribution in [0.1, 0.15) is 18.1 Å². The number of nitrogens with zero attached hydrogens (tertiary/aromatic N) is 1. The van der Waals surface area contributed by atoms with Crippen LogP contribution in [0.25, 0.3) is 0 Å². The predicted molar refractivity (Wildman–Crippen MR) is 90.8 cm³/mol. The van der Waals surface area contributed by atoms with Gasteiger partial charge < -0.3 is 14.4 Å². The van der Waals surface area contributed by atoms with Crippen LogP contribution < -0.4 is 9.47 Å². The first-order chi connectivity index (χ1) is 11.1. The lowest BCUT2D eigenvalue weighted by Crippen LogP contribution is -2.30. The van der Waals surface area contributed by atoms with Crippen molar-refractivity contribution in [3.63, 3.8) is 0 Å². The van der Waals surface area contributed by atoms with Gasteiger partial charge in [-0.15, -0.1) is 0 Å². The van der Waals surface area contributed by atoms with Gasteiger partial charge in [0.15, 0.2) is 6.61 Å². The Morgan fingerprint density at radius 2 is 1.78 bits per heavy atom. The normalized spacial score (nSPS) is 10.2. The van der Waals surface area contributed by atoms with Crippen LogP contribution in [0, 0.1) is 6.92 Å². The quantitative estimate of drug-likeness (QED) is 0.786. The summed E-state index contributed by atoms with van der Waals surface area (Å²) in [4.78, 5) is 13.8. The van der Waals surface area contributed by atoms with Gasteiger partial charge in [-0.1, -0.05) is 24.3 Å². The summed E-state index contributed by atoms with van der Waals surface area (Å²) >= 11 is 0. The molecular weight excluding hydrogens is 290 g/mol. The van der Waals surface area contributed by atoms with Crippen molar-refractivity contribution in [3.8, 4) is 11.5 Å². The standard InChI is InChI=1S/C19H23NO3/c1-4-22-17-10-8-16(9-11-17)13-20(3)19(21)14-23-18-7-5-6-15(2)12-18/h5-12H,4,13-14H2,1-3H3. The molecule has 0 fully saturated rings. The predicted octanol–water partition coefficient (Wildman–Crippen LogP) is 3.43. The molecule has 0 aliphatic rings. The van der Waals surface area contributed by atoms with Crippen LogP contribution >= 0.6 is 0 Å². The van der Waals surface area contributed by atoms with E-state index in [1.807, 2.05) is 62.4 Å². The van der Waals surface area contributed by atoms with Crippen molar-refractivity contribution >= 4 is 5.91 Å². The molecule has 0 atom stereocenters. The molecule has 122 valence electrons. The molecule has 2 aromatic rings. The number of aryl methyl sites for hydroxylation is 1. The second kappa shape index (κ2) is 8.22. The number of hydrogen-bond donors (Lipinski definition) is 0. The van der Waals surface area contributed by atoms with Gasteiger partial charge >= 0.3 is 0 Å². The molecular formula is C19H23NO3. The van der Waals surface area contributed by atoms with E-state index in [2.05, 4.69) is 0 Å². The second-order valence-corrected chi connectivity index (χ2v) is 5.43. The summed E-state index contributed by atoms with van der Waals surface area (Å²) in [5.74, 6) is 1.50. The third kappa shape index (κ3) is 5.33. The third-order valence-corrected chi connectivity index (χ3v) is 3.43. The average molecular weight is 313 g/mol. The monoisotopic (exact) mass is 313 g/mol. The van der Waals surface area contributed by atoms with Gasteiger partial charge in [-0.2, -0.15) is 0 Å². The highest BCUT2D eigenvalue weighted by atomic mass is 16.5. The molecule has 4 heteroatoms. The Balaban J connectivity index is 1.84. The summed E-state index contributed by atoms with van der Waals surface area (Å²) in [5.41, 5.74) is 2.16. The molecule has 2 aromatic carbocycles. The van der Waals surface area contributed by atoms with Crippen LogP contribution in [0.4, 0.5) is 0 Å². The summed E-state index contributed by atoms with van der Waals surface area (Å²) < 4.78 is 11.0. The number of hydrogen-bond acceptors (Lipinski definition) is 3. The molecule has 0 aliphatic carbocycles. The number of likely N-dealkylation sites (N-methyl/N-ethyl adjacent to an activating group) is 1. The summed E-state index contributed by atoms with van der Waals surface area (Å²) in [5, 5.41) is 0. The SMILES string of the molecule is CCOc1ccc(CN(C)C(=O)COc2cccc(C)c2)cc1. The summed E-state index contributed by atoms with van der Waals surface area (Å²) in [6, 6.07) is 15.4. The molecule has 1 amide bonds. The van der Waals surface area contributed by atoms with Gasteiger partial charge in [0.25, 0.3) is 5.91 Å². The van der Waals surface area contributed by atoms with E-state index in [4.69, 9.17) is 9.47 Å². The van der Waals surface area contributed by atoms with Gasteiger partial charge in [-0.25, -0.2) is 0 Å². The summed E-state index contributed by atoms with van der Waals surface area (Å²) in [7, 11) is 1.78. The molecule has 0 aliphatic heterocycles. The lowest BCUT2D eigenvalue weighted by atomic mass is 10.2. The molecule has 0 bridgehead atoms. The first-order valence-electron chi connectivity index (χ1n) is 7.73. The van der Waals surface area contributed by atoms with Crippen LogP contribution in [0.15, 0.2) is 48.5 Å². The number of rotatable bonds is 7. The van der Waals surface area contributed by atoms with Gasteiger partial charge in [0.1, 0.15) is 11.5 Å². The smallest absolute Gasteiger partial charge is 0.260 e. The van der Waals surface area contributed by atoms with Crippen molar-refractivity contribution in [2.45, 2.75) is 20.4 Å². The van der Waals surface area contributed by atoms with E-state index in [1.165, 1.54) is 0 Å². The van der Waals surface area contributed by atoms with Gasteiger partial charge in [0, 0.05) is 13.6 Å². The molecule has 2 rings (SSSR count). The maximum atomic E-state index is 12.2. The zero-order chi connectivity index (χ0) is 16.7. The summed E-state index contributed by atoms with van der Waals surface area (Å²) in [6.45, 7) is 5.18. The molecule has 0 spiro atoms.